The zero-order chi connectivity index (χ0) is 19.2. The molecule has 2 aromatic rings. The van der Waals surface area contributed by atoms with Crippen molar-refractivity contribution < 1.29 is 9.53 Å². The Morgan fingerprint density at radius 3 is 2.59 bits per heavy atom. The number of carbonyl (C=O) groups is 1. The van der Waals surface area contributed by atoms with E-state index in [9.17, 15) is 4.79 Å². The number of methoxy groups -OCH3 is 1. The van der Waals surface area contributed by atoms with Gasteiger partial charge in [0.15, 0.2) is 0 Å². The smallest absolute Gasteiger partial charge is 0.274 e. The fourth-order valence-corrected chi connectivity index (χ4v) is 3.53. The van der Waals surface area contributed by atoms with Gasteiger partial charge in [0.2, 0.25) is 0 Å². The Hall–Kier alpha value is -2.34. The molecule has 144 valence electrons. The van der Waals surface area contributed by atoms with E-state index in [1.807, 2.05) is 0 Å². The van der Waals surface area contributed by atoms with Crippen molar-refractivity contribution in [1.82, 2.24) is 9.97 Å². The highest BCUT2D eigenvalue weighted by Crippen LogP contribution is 2.28. The van der Waals surface area contributed by atoms with Gasteiger partial charge in [-0.2, -0.15) is 0 Å². The van der Waals surface area contributed by atoms with Crippen molar-refractivity contribution in [3.05, 3.63) is 40.8 Å². The fraction of sp³-hybridized carbons (Fsp3) is 0.450. The molecule has 0 unspecified atom stereocenters. The van der Waals surface area contributed by atoms with Crippen LogP contribution in [0.25, 0.3) is 0 Å². The van der Waals surface area contributed by atoms with Crippen LogP contribution in [-0.4, -0.2) is 29.0 Å². The number of hydrogen-bond donors (Lipinski definition) is 2. The Balaban J connectivity index is 1.77. The highest BCUT2D eigenvalue weighted by atomic mass is 35.5. The summed E-state index contributed by atoms with van der Waals surface area (Å²) < 4.78 is 5.28. The summed E-state index contributed by atoms with van der Waals surface area (Å²) in [5.41, 5.74) is 0.810. The van der Waals surface area contributed by atoms with Crippen LogP contribution in [-0.2, 0) is 0 Å². The van der Waals surface area contributed by atoms with Crippen molar-refractivity contribution in [3.8, 4) is 5.75 Å². The summed E-state index contributed by atoms with van der Waals surface area (Å²) >= 11 is 6.03. The van der Waals surface area contributed by atoms with Crippen molar-refractivity contribution in [2.24, 2.45) is 0 Å². The first-order chi connectivity index (χ1) is 13.0. The number of amides is 1. The molecule has 0 saturated heterocycles. The summed E-state index contributed by atoms with van der Waals surface area (Å²) in [6.45, 7) is 1.79. The Bertz CT molecular complexity index is 805. The SMILES string of the molecule is COc1ccc(Cl)cc1NC(=O)c1cc(NC2CCCCCC2)nc(C)n1. The molecular weight excluding hydrogens is 364 g/mol. The van der Waals surface area contributed by atoms with Gasteiger partial charge in [-0.3, -0.25) is 4.79 Å². The number of halogens is 1. The van der Waals surface area contributed by atoms with Crippen molar-refractivity contribution >= 4 is 29.0 Å². The second-order valence-electron chi connectivity index (χ2n) is 6.82. The molecule has 1 aromatic carbocycles. The molecule has 1 aliphatic carbocycles. The molecule has 27 heavy (non-hydrogen) atoms. The Labute approximate surface area is 164 Å². The molecule has 7 heteroatoms. The molecule has 0 bridgehead atoms. The van der Waals surface area contributed by atoms with Crippen LogP contribution in [0.2, 0.25) is 5.02 Å². The lowest BCUT2D eigenvalue weighted by molar-refractivity contribution is 0.102. The van der Waals surface area contributed by atoms with Crippen molar-refractivity contribution in [2.75, 3.05) is 17.7 Å². The first-order valence-corrected chi connectivity index (χ1v) is 9.70. The molecular formula is C20H25ClN4O2. The van der Waals surface area contributed by atoms with Crippen molar-refractivity contribution in [1.29, 1.82) is 0 Å². The average molecular weight is 389 g/mol. The average Bonchev–Trinajstić information content (AvgIpc) is 2.90. The van der Waals surface area contributed by atoms with E-state index >= 15 is 0 Å². The van der Waals surface area contributed by atoms with Gasteiger partial charge in [-0.1, -0.05) is 37.3 Å². The summed E-state index contributed by atoms with van der Waals surface area (Å²) in [4.78, 5) is 21.4. The van der Waals surface area contributed by atoms with Gasteiger partial charge in [0.25, 0.3) is 5.91 Å². The van der Waals surface area contributed by atoms with Gasteiger partial charge in [0, 0.05) is 17.1 Å². The lowest BCUT2D eigenvalue weighted by Crippen LogP contribution is -2.21. The third-order valence-corrected chi connectivity index (χ3v) is 4.92. The van der Waals surface area contributed by atoms with E-state index in [0.29, 0.717) is 39.8 Å². The van der Waals surface area contributed by atoms with E-state index in [0.717, 1.165) is 12.8 Å². The number of hydrogen-bond acceptors (Lipinski definition) is 5. The van der Waals surface area contributed by atoms with Gasteiger partial charge in [0.1, 0.15) is 23.1 Å². The Morgan fingerprint density at radius 1 is 1.15 bits per heavy atom. The number of rotatable bonds is 5. The van der Waals surface area contributed by atoms with Crippen LogP contribution >= 0.6 is 11.6 Å². The number of aryl methyl sites for hydroxylation is 1. The maximum atomic E-state index is 12.7. The van der Waals surface area contributed by atoms with E-state index in [4.69, 9.17) is 16.3 Å². The van der Waals surface area contributed by atoms with Crippen LogP contribution in [0.1, 0.15) is 54.8 Å². The van der Waals surface area contributed by atoms with Gasteiger partial charge in [0.05, 0.1) is 12.8 Å². The minimum Gasteiger partial charge on any atom is -0.495 e. The lowest BCUT2D eigenvalue weighted by atomic mass is 10.1. The van der Waals surface area contributed by atoms with Crippen molar-refractivity contribution in [2.45, 2.75) is 51.5 Å². The molecule has 1 fully saturated rings. The third-order valence-electron chi connectivity index (χ3n) is 4.69. The zero-order valence-electron chi connectivity index (χ0n) is 15.7. The first-order valence-electron chi connectivity index (χ1n) is 9.32. The van der Waals surface area contributed by atoms with E-state index in [1.165, 1.54) is 25.7 Å². The molecule has 1 aromatic heterocycles. The minimum atomic E-state index is -0.329. The number of anilines is 2. The molecule has 0 atom stereocenters. The van der Waals surface area contributed by atoms with E-state index in [-0.39, 0.29) is 5.91 Å². The molecule has 2 N–H and O–H groups in total. The molecule has 0 aliphatic heterocycles. The van der Waals surface area contributed by atoms with Crippen LogP contribution in [0.15, 0.2) is 24.3 Å². The first kappa shape index (κ1) is 19.4. The van der Waals surface area contributed by atoms with Crippen LogP contribution in [0, 0.1) is 6.92 Å². The van der Waals surface area contributed by atoms with E-state index < -0.39 is 0 Å². The summed E-state index contributed by atoms with van der Waals surface area (Å²) in [6.07, 6.45) is 7.29. The van der Waals surface area contributed by atoms with E-state index in [2.05, 4.69) is 20.6 Å². The summed E-state index contributed by atoms with van der Waals surface area (Å²) in [7, 11) is 1.54. The predicted octanol–water partition coefficient (Wildman–Crippen LogP) is 4.83. The number of benzene rings is 1. The molecule has 1 aliphatic rings. The molecule has 0 spiro atoms. The largest absolute Gasteiger partial charge is 0.495 e. The summed E-state index contributed by atoms with van der Waals surface area (Å²) in [6, 6.07) is 7.16. The van der Waals surface area contributed by atoms with Gasteiger partial charge in [-0.25, -0.2) is 9.97 Å². The standard InChI is InChI=1S/C20H25ClN4O2/c1-13-22-17(12-19(23-13)24-15-7-5-3-4-6-8-15)20(26)25-16-11-14(21)9-10-18(16)27-2/h9-12,15H,3-8H2,1-2H3,(H,25,26)(H,22,23,24). The number of carbonyl (C=O) groups excluding carboxylic acids is 1. The zero-order valence-corrected chi connectivity index (χ0v) is 16.5. The molecule has 0 radical (unpaired) electrons. The molecule has 1 amide bonds. The highest BCUT2D eigenvalue weighted by Gasteiger charge is 2.16. The third kappa shape index (κ3) is 5.32. The minimum absolute atomic E-state index is 0.306. The second-order valence-corrected chi connectivity index (χ2v) is 7.25. The quantitative estimate of drug-likeness (QED) is 0.717. The van der Waals surface area contributed by atoms with E-state index in [1.54, 1.807) is 38.3 Å². The Kier molecular flexibility index (Phi) is 6.50. The second kappa shape index (κ2) is 9.04. The number of ether oxygens (including phenoxy) is 1. The van der Waals surface area contributed by atoms with Crippen LogP contribution in [0.5, 0.6) is 5.75 Å². The maximum Gasteiger partial charge on any atom is 0.274 e. The van der Waals surface area contributed by atoms with Gasteiger partial charge >= 0.3 is 0 Å². The number of nitrogens with zero attached hydrogens (tertiary/aromatic N) is 2. The monoisotopic (exact) mass is 388 g/mol. The summed E-state index contributed by atoms with van der Waals surface area (Å²) in [5.74, 6) is 1.45. The molecule has 1 heterocycles. The maximum absolute atomic E-state index is 12.7. The predicted molar refractivity (Wildman–Crippen MR) is 108 cm³/mol. The van der Waals surface area contributed by atoms with Crippen LogP contribution in [0.3, 0.4) is 0 Å². The normalized spacial score (nSPS) is 15.1. The molecule has 1 saturated carbocycles. The molecule has 6 nitrogen and oxygen atoms in total. The fourth-order valence-electron chi connectivity index (χ4n) is 3.36. The topological polar surface area (TPSA) is 76.1 Å². The van der Waals surface area contributed by atoms with Gasteiger partial charge < -0.3 is 15.4 Å². The van der Waals surface area contributed by atoms with Crippen LogP contribution < -0.4 is 15.4 Å². The highest BCUT2D eigenvalue weighted by molar-refractivity contribution is 6.31. The number of nitrogens with one attached hydrogen (secondary N) is 2. The Morgan fingerprint density at radius 2 is 1.89 bits per heavy atom. The van der Waals surface area contributed by atoms with Gasteiger partial charge in [-0.15, -0.1) is 0 Å². The van der Waals surface area contributed by atoms with Crippen LogP contribution in [0.4, 0.5) is 11.5 Å². The molecule has 3 rings (SSSR count). The lowest BCUT2D eigenvalue weighted by Gasteiger charge is -2.17. The van der Waals surface area contributed by atoms with Crippen molar-refractivity contribution in [3.63, 3.8) is 0 Å². The number of aromatic nitrogens is 2. The summed E-state index contributed by atoms with van der Waals surface area (Å²) in [5, 5.41) is 6.81. The van der Waals surface area contributed by atoms with Gasteiger partial charge in [-0.05, 0) is 38.0 Å².